The summed E-state index contributed by atoms with van der Waals surface area (Å²) in [6, 6.07) is 0. The Morgan fingerprint density at radius 1 is 1.05 bits per heavy atom. The molecule has 0 saturated heterocycles. The predicted molar refractivity (Wildman–Crippen MR) is 90.4 cm³/mol. The van der Waals surface area contributed by atoms with Crippen LogP contribution < -0.4 is 5.73 Å². The third kappa shape index (κ3) is 14.6. The normalized spacial score (nSPS) is 14.9. The van der Waals surface area contributed by atoms with E-state index in [2.05, 4.69) is 11.8 Å². The van der Waals surface area contributed by atoms with Gasteiger partial charge in [-0.3, -0.25) is 9.05 Å². The summed E-state index contributed by atoms with van der Waals surface area (Å²) in [7, 11) is -3.97. The van der Waals surface area contributed by atoms with E-state index in [0.717, 1.165) is 32.2 Å². The number of nitrogens with two attached hydrogens (primary N) is 1. The van der Waals surface area contributed by atoms with Crippen molar-refractivity contribution in [1.82, 2.24) is 0 Å². The molecule has 0 heterocycles. The highest BCUT2D eigenvalue weighted by Crippen LogP contribution is 2.44. The molecule has 0 aliphatic heterocycles. The van der Waals surface area contributed by atoms with E-state index >= 15 is 0 Å². The number of unbranched alkanes of at least 4 members (excludes halogenated alkanes) is 8. The Morgan fingerprint density at radius 2 is 1.55 bits per heavy atom. The van der Waals surface area contributed by atoms with Crippen molar-refractivity contribution in [2.45, 2.75) is 77.7 Å². The zero-order valence-corrected chi connectivity index (χ0v) is 14.9. The molecule has 0 radical (unpaired) electrons. The van der Waals surface area contributed by atoms with Crippen molar-refractivity contribution >= 4 is 7.82 Å². The van der Waals surface area contributed by atoms with Crippen LogP contribution in [0.3, 0.4) is 0 Å². The SMILES string of the molecule is CC#CC(C)OP(=O)(O)OCCCCCCCCCCCN. The first kappa shape index (κ1) is 21.6. The van der Waals surface area contributed by atoms with E-state index in [-0.39, 0.29) is 6.61 Å². The van der Waals surface area contributed by atoms with Gasteiger partial charge in [0.15, 0.2) is 0 Å². The quantitative estimate of drug-likeness (QED) is 0.285. The molecule has 0 aromatic carbocycles. The smallest absolute Gasteiger partial charge is 0.330 e. The minimum absolute atomic E-state index is 0.247. The first-order chi connectivity index (χ1) is 10.5. The van der Waals surface area contributed by atoms with Crippen molar-refractivity contribution in [3.05, 3.63) is 0 Å². The van der Waals surface area contributed by atoms with E-state index in [4.69, 9.17) is 14.8 Å². The van der Waals surface area contributed by atoms with Crippen LogP contribution >= 0.6 is 7.82 Å². The Balaban J connectivity index is 3.44. The molecule has 0 fully saturated rings. The van der Waals surface area contributed by atoms with Gasteiger partial charge in [0.05, 0.1) is 6.61 Å². The van der Waals surface area contributed by atoms with Crippen LogP contribution in [0.25, 0.3) is 0 Å². The van der Waals surface area contributed by atoms with Gasteiger partial charge in [0, 0.05) is 0 Å². The molecule has 2 atom stereocenters. The highest BCUT2D eigenvalue weighted by molar-refractivity contribution is 7.47. The topological polar surface area (TPSA) is 81.8 Å². The Kier molecular flexibility index (Phi) is 14.0. The van der Waals surface area contributed by atoms with Gasteiger partial charge in [0.1, 0.15) is 6.10 Å². The van der Waals surface area contributed by atoms with Gasteiger partial charge in [0.25, 0.3) is 0 Å². The lowest BCUT2D eigenvalue weighted by Crippen LogP contribution is -2.05. The molecule has 0 aliphatic carbocycles. The van der Waals surface area contributed by atoms with Crippen LogP contribution in [0, 0.1) is 11.8 Å². The molecule has 130 valence electrons. The van der Waals surface area contributed by atoms with E-state index in [0.29, 0.717) is 0 Å². The van der Waals surface area contributed by atoms with E-state index in [9.17, 15) is 9.46 Å². The fourth-order valence-corrected chi connectivity index (χ4v) is 3.00. The molecule has 6 heteroatoms. The number of phosphoric acid groups is 1. The summed E-state index contributed by atoms with van der Waals surface area (Å²) >= 11 is 0. The summed E-state index contributed by atoms with van der Waals surface area (Å²) in [5, 5.41) is 0. The minimum atomic E-state index is -3.97. The van der Waals surface area contributed by atoms with Gasteiger partial charge >= 0.3 is 7.82 Å². The van der Waals surface area contributed by atoms with Crippen LogP contribution in [0.15, 0.2) is 0 Å². The third-order valence-corrected chi connectivity index (χ3v) is 4.33. The average Bonchev–Trinajstić information content (AvgIpc) is 2.44. The highest BCUT2D eigenvalue weighted by atomic mass is 31.2. The summed E-state index contributed by atoms with van der Waals surface area (Å²) in [5.41, 5.74) is 5.44. The summed E-state index contributed by atoms with van der Waals surface area (Å²) in [4.78, 5) is 9.49. The van der Waals surface area contributed by atoms with Gasteiger partial charge in [-0.25, -0.2) is 4.57 Å². The van der Waals surface area contributed by atoms with Crippen LogP contribution in [0.4, 0.5) is 0 Å². The molecule has 0 rings (SSSR count). The molecule has 0 aromatic rings. The van der Waals surface area contributed by atoms with E-state index in [1.54, 1.807) is 13.8 Å². The maximum atomic E-state index is 11.6. The van der Waals surface area contributed by atoms with Crippen LogP contribution in [-0.2, 0) is 13.6 Å². The Hall–Kier alpha value is -0.370. The molecule has 5 nitrogen and oxygen atoms in total. The lowest BCUT2D eigenvalue weighted by atomic mass is 10.1. The molecule has 0 spiro atoms. The van der Waals surface area contributed by atoms with E-state index in [1.165, 1.54) is 32.1 Å². The second kappa shape index (κ2) is 14.2. The van der Waals surface area contributed by atoms with E-state index in [1.807, 2.05) is 0 Å². The Labute approximate surface area is 135 Å². The van der Waals surface area contributed by atoms with Gasteiger partial charge < -0.3 is 10.6 Å². The second-order valence-corrected chi connectivity index (χ2v) is 6.82. The number of hydrogen-bond acceptors (Lipinski definition) is 4. The molecule has 3 N–H and O–H groups in total. The highest BCUT2D eigenvalue weighted by Gasteiger charge is 2.23. The first-order valence-corrected chi connectivity index (χ1v) is 9.79. The van der Waals surface area contributed by atoms with Gasteiger partial charge in [-0.2, -0.15) is 0 Å². The van der Waals surface area contributed by atoms with Crippen molar-refractivity contribution < 1.29 is 18.5 Å². The molecule has 0 aromatic heterocycles. The van der Waals surface area contributed by atoms with Crippen molar-refractivity contribution in [2.75, 3.05) is 13.2 Å². The average molecular weight is 333 g/mol. The van der Waals surface area contributed by atoms with Gasteiger partial charge in [0.2, 0.25) is 0 Å². The van der Waals surface area contributed by atoms with Gasteiger partial charge in [-0.1, -0.05) is 50.9 Å². The van der Waals surface area contributed by atoms with Crippen molar-refractivity contribution in [2.24, 2.45) is 5.73 Å². The summed E-state index contributed by atoms with van der Waals surface area (Å²) < 4.78 is 21.4. The lowest BCUT2D eigenvalue weighted by molar-refractivity contribution is 0.133. The molecular formula is C16H32NO4P. The monoisotopic (exact) mass is 333 g/mol. The van der Waals surface area contributed by atoms with Crippen molar-refractivity contribution in [1.29, 1.82) is 0 Å². The number of hydrogen-bond donors (Lipinski definition) is 2. The molecule has 0 bridgehead atoms. The zero-order valence-electron chi connectivity index (χ0n) is 14.1. The number of rotatable bonds is 14. The second-order valence-electron chi connectivity index (χ2n) is 5.41. The van der Waals surface area contributed by atoms with Crippen LogP contribution in [0.1, 0.15) is 71.6 Å². The van der Waals surface area contributed by atoms with Crippen molar-refractivity contribution in [3.63, 3.8) is 0 Å². The molecular weight excluding hydrogens is 301 g/mol. The maximum absolute atomic E-state index is 11.6. The summed E-state index contributed by atoms with van der Waals surface area (Å²) in [5.74, 6) is 5.29. The van der Waals surface area contributed by atoms with Gasteiger partial charge in [-0.15, -0.1) is 5.92 Å². The molecule has 0 aliphatic rings. The largest absolute Gasteiger partial charge is 0.473 e. The van der Waals surface area contributed by atoms with Gasteiger partial charge in [-0.05, 0) is 33.2 Å². The number of phosphoric ester groups is 1. The third-order valence-electron chi connectivity index (χ3n) is 3.24. The summed E-state index contributed by atoms with van der Waals surface area (Å²) in [6.07, 6.45) is 9.67. The summed E-state index contributed by atoms with van der Waals surface area (Å²) in [6.45, 7) is 4.32. The van der Waals surface area contributed by atoms with E-state index < -0.39 is 13.9 Å². The van der Waals surface area contributed by atoms with Crippen LogP contribution in [0.5, 0.6) is 0 Å². The molecule has 0 saturated carbocycles. The fraction of sp³-hybridized carbons (Fsp3) is 0.875. The fourth-order valence-electron chi connectivity index (χ4n) is 2.12. The lowest BCUT2D eigenvalue weighted by Gasteiger charge is -2.13. The standard InChI is InChI=1S/C16H32NO4P/c1-3-13-16(2)21-22(18,19)20-15-12-10-8-6-4-5-7-9-11-14-17/h16H,4-12,14-15,17H2,1-2H3,(H,18,19). The Bertz CT molecular complexity index is 365. The maximum Gasteiger partial charge on any atom is 0.473 e. The van der Waals surface area contributed by atoms with Crippen molar-refractivity contribution in [3.8, 4) is 11.8 Å². The Morgan fingerprint density at radius 3 is 2.05 bits per heavy atom. The molecule has 0 amide bonds. The zero-order chi connectivity index (χ0) is 16.7. The van der Waals surface area contributed by atoms with Crippen LogP contribution in [-0.4, -0.2) is 24.1 Å². The first-order valence-electron chi connectivity index (χ1n) is 8.30. The molecule has 22 heavy (non-hydrogen) atoms. The van der Waals surface area contributed by atoms with Crippen LogP contribution in [0.2, 0.25) is 0 Å². The molecule has 2 unspecified atom stereocenters. The minimum Gasteiger partial charge on any atom is -0.330 e. The predicted octanol–water partition coefficient (Wildman–Crippen LogP) is 4.00.